The number of fused-ring (bicyclic) bond motifs is 3. The zero-order chi connectivity index (χ0) is 18.8. The van der Waals surface area contributed by atoms with Gasteiger partial charge in [0.05, 0.1) is 0 Å². The van der Waals surface area contributed by atoms with Crippen LogP contribution in [-0.2, 0) is 11.2 Å². The molecule has 4 rings (SSSR count). The van der Waals surface area contributed by atoms with E-state index in [2.05, 4.69) is 35.4 Å². The Morgan fingerprint density at radius 1 is 1.07 bits per heavy atom. The Morgan fingerprint density at radius 3 is 2.74 bits per heavy atom. The van der Waals surface area contributed by atoms with E-state index in [0.717, 1.165) is 22.8 Å². The van der Waals surface area contributed by atoms with Gasteiger partial charge in [0.1, 0.15) is 5.82 Å². The minimum atomic E-state index is -0.326. The first kappa shape index (κ1) is 17.0. The highest BCUT2D eigenvalue weighted by Gasteiger charge is 2.08. The lowest BCUT2D eigenvalue weighted by Gasteiger charge is -2.02. The van der Waals surface area contributed by atoms with Gasteiger partial charge in [-0.05, 0) is 47.9 Å². The van der Waals surface area contributed by atoms with Crippen molar-refractivity contribution in [1.29, 1.82) is 0 Å². The summed E-state index contributed by atoms with van der Waals surface area (Å²) in [4.78, 5) is 15.6. The molecule has 3 aromatic carbocycles. The van der Waals surface area contributed by atoms with Gasteiger partial charge in [0.15, 0.2) is 0 Å². The molecule has 134 valence electrons. The van der Waals surface area contributed by atoms with Crippen molar-refractivity contribution in [1.82, 2.24) is 4.98 Å². The van der Waals surface area contributed by atoms with E-state index in [1.54, 1.807) is 18.2 Å². The topological polar surface area (TPSA) is 44.9 Å². The van der Waals surface area contributed by atoms with E-state index in [1.165, 1.54) is 29.2 Å². The normalized spacial score (nSPS) is 11.5. The Labute approximate surface area is 156 Å². The van der Waals surface area contributed by atoms with Gasteiger partial charge in [-0.1, -0.05) is 43.3 Å². The highest BCUT2D eigenvalue weighted by molar-refractivity contribution is 6.10. The minimum absolute atomic E-state index is 0.260. The van der Waals surface area contributed by atoms with Gasteiger partial charge in [-0.3, -0.25) is 4.79 Å². The summed E-state index contributed by atoms with van der Waals surface area (Å²) in [6, 6.07) is 18.2. The summed E-state index contributed by atoms with van der Waals surface area (Å²) in [5, 5.41) is 5.17. The molecule has 0 aliphatic heterocycles. The third kappa shape index (κ3) is 3.47. The van der Waals surface area contributed by atoms with Crippen LogP contribution in [0.15, 0.2) is 66.7 Å². The van der Waals surface area contributed by atoms with Gasteiger partial charge in [0.2, 0.25) is 5.91 Å². The molecule has 0 aliphatic carbocycles. The number of hydrogen-bond donors (Lipinski definition) is 2. The fourth-order valence-corrected chi connectivity index (χ4v) is 3.33. The molecule has 0 saturated carbocycles. The number of amides is 1. The number of carbonyl (C=O) groups is 1. The molecular formula is C23H19FN2O. The number of rotatable bonds is 4. The lowest BCUT2D eigenvalue weighted by molar-refractivity contribution is -0.111. The van der Waals surface area contributed by atoms with Crippen LogP contribution in [0, 0.1) is 5.82 Å². The first-order chi connectivity index (χ1) is 13.1. The summed E-state index contributed by atoms with van der Waals surface area (Å²) in [6.45, 7) is 2.14. The fourth-order valence-electron chi connectivity index (χ4n) is 3.33. The van der Waals surface area contributed by atoms with E-state index in [4.69, 9.17) is 0 Å². The first-order valence-electron chi connectivity index (χ1n) is 8.92. The molecule has 1 aromatic heterocycles. The van der Waals surface area contributed by atoms with Crippen molar-refractivity contribution in [3.8, 4) is 0 Å². The van der Waals surface area contributed by atoms with E-state index >= 15 is 0 Å². The molecule has 0 radical (unpaired) electrons. The van der Waals surface area contributed by atoms with Gasteiger partial charge in [-0.15, -0.1) is 0 Å². The van der Waals surface area contributed by atoms with Crippen LogP contribution in [0.5, 0.6) is 0 Å². The zero-order valence-corrected chi connectivity index (χ0v) is 14.9. The van der Waals surface area contributed by atoms with Crippen LogP contribution >= 0.6 is 0 Å². The highest BCUT2D eigenvalue weighted by Crippen LogP contribution is 2.29. The van der Waals surface area contributed by atoms with E-state index in [1.807, 2.05) is 18.2 Å². The number of anilines is 1. The van der Waals surface area contributed by atoms with Gasteiger partial charge in [-0.25, -0.2) is 4.39 Å². The second-order valence-corrected chi connectivity index (χ2v) is 6.46. The lowest BCUT2D eigenvalue weighted by atomic mass is 10.1. The first-order valence-corrected chi connectivity index (χ1v) is 8.92. The minimum Gasteiger partial charge on any atom is -0.354 e. The molecule has 4 aromatic rings. The average molecular weight is 358 g/mol. The van der Waals surface area contributed by atoms with Crippen LogP contribution in [0.4, 0.5) is 10.1 Å². The molecule has 0 saturated heterocycles. The summed E-state index contributed by atoms with van der Waals surface area (Å²) in [5.74, 6) is -0.586. The van der Waals surface area contributed by atoms with Crippen molar-refractivity contribution < 1.29 is 9.18 Å². The molecule has 0 spiro atoms. The highest BCUT2D eigenvalue weighted by atomic mass is 19.1. The summed E-state index contributed by atoms with van der Waals surface area (Å²) in [6.07, 6.45) is 3.95. The largest absolute Gasteiger partial charge is 0.354 e. The number of aryl methyl sites for hydroxylation is 1. The van der Waals surface area contributed by atoms with Crippen LogP contribution < -0.4 is 5.32 Å². The van der Waals surface area contributed by atoms with Crippen LogP contribution in [0.3, 0.4) is 0 Å². The molecule has 0 atom stereocenters. The number of para-hydroxylation sites is 1. The molecule has 4 heteroatoms. The van der Waals surface area contributed by atoms with Crippen molar-refractivity contribution in [2.45, 2.75) is 13.3 Å². The second kappa shape index (κ2) is 7.08. The number of aromatic nitrogens is 1. The molecule has 27 heavy (non-hydrogen) atoms. The van der Waals surface area contributed by atoms with E-state index in [9.17, 15) is 9.18 Å². The molecule has 1 heterocycles. The molecule has 1 amide bonds. The smallest absolute Gasteiger partial charge is 0.248 e. The number of aromatic amines is 1. The Morgan fingerprint density at radius 2 is 1.93 bits per heavy atom. The molecule has 0 unspecified atom stereocenters. The van der Waals surface area contributed by atoms with Crippen molar-refractivity contribution >= 4 is 39.5 Å². The van der Waals surface area contributed by atoms with E-state index in [0.29, 0.717) is 11.3 Å². The van der Waals surface area contributed by atoms with Crippen LogP contribution in [0.2, 0.25) is 0 Å². The number of carbonyl (C=O) groups excluding carboxylic acids is 1. The third-order valence-corrected chi connectivity index (χ3v) is 4.64. The van der Waals surface area contributed by atoms with Gasteiger partial charge in [0, 0.05) is 33.6 Å². The number of H-pyrrole nitrogens is 1. The average Bonchev–Trinajstić information content (AvgIpc) is 3.04. The zero-order valence-electron chi connectivity index (χ0n) is 14.9. The number of nitrogens with one attached hydrogen (secondary N) is 2. The Balaban J connectivity index is 1.59. The van der Waals surface area contributed by atoms with Crippen molar-refractivity contribution in [2.24, 2.45) is 0 Å². The van der Waals surface area contributed by atoms with Gasteiger partial charge in [-0.2, -0.15) is 0 Å². The standard InChI is InChI=1S/C23H19FN2O/c1-2-16-6-4-8-20-19-11-10-18(14-21(19)26-23(16)20)25-22(27)12-9-15-5-3-7-17(24)13-15/h3-14,26H,2H2,1H3,(H,25,27)/b12-9+. The second-order valence-electron chi connectivity index (χ2n) is 6.46. The maximum Gasteiger partial charge on any atom is 0.248 e. The number of hydrogen-bond acceptors (Lipinski definition) is 1. The number of halogens is 1. The molecule has 0 bridgehead atoms. The quantitative estimate of drug-likeness (QED) is 0.453. The van der Waals surface area contributed by atoms with Crippen LogP contribution in [0.1, 0.15) is 18.1 Å². The third-order valence-electron chi connectivity index (χ3n) is 4.64. The monoisotopic (exact) mass is 358 g/mol. The molecule has 0 aliphatic rings. The van der Waals surface area contributed by atoms with Crippen molar-refractivity contribution in [3.05, 3.63) is 83.7 Å². The maximum absolute atomic E-state index is 13.2. The van der Waals surface area contributed by atoms with Crippen molar-refractivity contribution in [2.75, 3.05) is 5.32 Å². The predicted molar refractivity (Wildman–Crippen MR) is 109 cm³/mol. The summed E-state index contributed by atoms with van der Waals surface area (Å²) < 4.78 is 13.2. The van der Waals surface area contributed by atoms with E-state index in [-0.39, 0.29) is 11.7 Å². The summed E-state index contributed by atoms with van der Waals surface area (Å²) >= 11 is 0. The molecule has 2 N–H and O–H groups in total. The van der Waals surface area contributed by atoms with Crippen LogP contribution in [-0.4, -0.2) is 10.9 Å². The molecular weight excluding hydrogens is 339 g/mol. The van der Waals surface area contributed by atoms with Gasteiger partial charge < -0.3 is 10.3 Å². The Bertz CT molecular complexity index is 1170. The summed E-state index contributed by atoms with van der Waals surface area (Å²) in [7, 11) is 0. The summed E-state index contributed by atoms with van der Waals surface area (Å²) in [5.41, 5.74) is 4.75. The SMILES string of the molecule is CCc1cccc2c1[nH]c1cc(NC(=O)/C=C/c3cccc(F)c3)ccc12. The molecule has 0 fully saturated rings. The molecule has 3 nitrogen and oxygen atoms in total. The lowest BCUT2D eigenvalue weighted by Crippen LogP contribution is -2.07. The van der Waals surface area contributed by atoms with E-state index < -0.39 is 0 Å². The van der Waals surface area contributed by atoms with Gasteiger partial charge >= 0.3 is 0 Å². The van der Waals surface area contributed by atoms with Gasteiger partial charge in [0.25, 0.3) is 0 Å². The van der Waals surface area contributed by atoms with Crippen molar-refractivity contribution in [3.63, 3.8) is 0 Å². The fraction of sp³-hybridized carbons (Fsp3) is 0.0870. The Hall–Kier alpha value is -3.40. The predicted octanol–water partition coefficient (Wildman–Crippen LogP) is 5.67. The van der Waals surface area contributed by atoms with Crippen LogP contribution in [0.25, 0.3) is 27.9 Å². The Kier molecular flexibility index (Phi) is 4.47. The number of benzene rings is 3. The maximum atomic E-state index is 13.2.